The quantitative estimate of drug-likeness (QED) is 0.276. The molecule has 0 atom stereocenters. The van der Waals surface area contributed by atoms with Crippen molar-refractivity contribution in [3.05, 3.63) is 87.4 Å². The molecule has 3 saturated heterocycles. The molecule has 226 valence electrons. The van der Waals surface area contributed by atoms with Crippen LogP contribution in [0.15, 0.2) is 60.7 Å². The first-order valence-electron chi connectivity index (χ1n) is 15.4. The molecule has 0 aliphatic carbocycles. The molecule has 2 amide bonds. The van der Waals surface area contributed by atoms with Crippen molar-refractivity contribution in [2.75, 3.05) is 67.5 Å². The highest BCUT2D eigenvalue weighted by molar-refractivity contribution is 6.39. The maximum absolute atomic E-state index is 13.1. The minimum Gasteiger partial charge on any atom is -0.372 e. The van der Waals surface area contributed by atoms with E-state index >= 15 is 0 Å². The molecule has 3 aliphatic heterocycles. The number of hydrogen-bond donors (Lipinski definition) is 1. The second-order valence-electron chi connectivity index (χ2n) is 11.8. The minimum absolute atomic E-state index is 0.119. The molecule has 1 N–H and O–H groups in total. The van der Waals surface area contributed by atoms with Gasteiger partial charge < -0.3 is 20.0 Å². The van der Waals surface area contributed by atoms with Crippen molar-refractivity contribution in [3.63, 3.8) is 0 Å². The molecule has 3 aromatic carbocycles. The SMILES string of the molecule is O=C(Cc1cccc(N2CCCC2)c1)c1ccc(N2CCN(C(=O)Nc3c(Cl)cc(CN4CCCC4)cc3Cl)CC2)cc1. The van der Waals surface area contributed by atoms with E-state index in [0.29, 0.717) is 53.9 Å². The molecule has 3 aliphatic rings. The summed E-state index contributed by atoms with van der Waals surface area (Å²) in [5, 5.41) is 3.86. The predicted molar refractivity (Wildman–Crippen MR) is 176 cm³/mol. The standard InChI is InChI=1S/C34H39Cl2N5O2/c35-30-21-26(24-38-12-1-2-13-38)22-31(36)33(30)37-34(43)41-18-16-40(17-19-41)28-10-8-27(9-11-28)32(42)23-25-6-5-7-29(20-25)39-14-3-4-15-39/h5-11,20-22H,1-4,12-19,23-24H2,(H,37,43). The van der Waals surface area contributed by atoms with Crippen molar-refractivity contribution in [2.45, 2.75) is 38.6 Å². The number of Topliss-reactive ketones (excluding diaryl/α,β-unsaturated/α-hetero) is 1. The van der Waals surface area contributed by atoms with Gasteiger partial charge in [-0.1, -0.05) is 35.3 Å². The van der Waals surface area contributed by atoms with E-state index in [1.807, 2.05) is 42.5 Å². The Morgan fingerprint density at radius 1 is 0.674 bits per heavy atom. The first-order valence-corrected chi connectivity index (χ1v) is 16.2. The van der Waals surface area contributed by atoms with E-state index in [0.717, 1.165) is 49.5 Å². The van der Waals surface area contributed by atoms with E-state index in [9.17, 15) is 9.59 Å². The van der Waals surface area contributed by atoms with Crippen molar-refractivity contribution in [1.82, 2.24) is 9.80 Å². The van der Waals surface area contributed by atoms with Gasteiger partial charge in [0.05, 0.1) is 15.7 Å². The van der Waals surface area contributed by atoms with Crippen molar-refractivity contribution in [1.29, 1.82) is 0 Å². The monoisotopic (exact) mass is 619 g/mol. The van der Waals surface area contributed by atoms with Crippen LogP contribution in [-0.4, -0.2) is 74.0 Å². The molecule has 43 heavy (non-hydrogen) atoms. The van der Waals surface area contributed by atoms with Crippen LogP contribution in [0.1, 0.15) is 47.2 Å². The van der Waals surface area contributed by atoms with Crippen molar-refractivity contribution in [3.8, 4) is 0 Å². The van der Waals surface area contributed by atoms with Crippen LogP contribution in [0.5, 0.6) is 0 Å². The summed E-state index contributed by atoms with van der Waals surface area (Å²) in [6.45, 7) is 7.72. The molecule has 3 fully saturated rings. The predicted octanol–water partition coefficient (Wildman–Crippen LogP) is 6.97. The van der Waals surface area contributed by atoms with Gasteiger partial charge in [-0.3, -0.25) is 9.69 Å². The van der Waals surface area contributed by atoms with Crippen molar-refractivity contribution >= 4 is 52.1 Å². The lowest BCUT2D eigenvalue weighted by atomic mass is 10.0. The third kappa shape index (κ3) is 7.28. The zero-order valence-electron chi connectivity index (χ0n) is 24.5. The largest absolute Gasteiger partial charge is 0.372 e. The number of carbonyl (C=O) groups is 2. The second kappa shape index (κ2) is 13.6. The smallest absolute Gasteiger partial charge is 0.322 e. The number of likely N-dealkylation sites (tertiary alicyclic amines) is 1. The highest BCUT2D eigenvalue weighted by Crippen LogP contribution is 2.33. The number of amides is 2. The Labute approximate surface area is 264 Å². The van der Waals surface area contributed by atoms with Crippen LogP contribution in [0, 0.1) is 0 Å². The van der Waals surface area contributed by atoms with Gasteiger partial charge in [0.25, 0.3) is 0 Å². The minimum atomic E-state index is -0.203. The van der Waals surface area contributed by atoms with Gasteiger partial charge in [-0.05, 0) is 98.4 Å². The Kier molecular flexibility index (Phi) is 9.41. The number of benzene rings is 3. The summed E-state index contributed by atoms with van der Waals surface area (Å²) in [6, 6.07) is 19.8. The number of nitrogens with zero attached hydrogens (tertiary/aromatic N) is 4. The topological polar surface area (TPSA) is 59.1 Å². The number of rotatable bonds is 8. The third-order valence-electron chi connectivity index (χ3n) is 8.81. The van der Waals surface area contributed by atoms with E-state index in [1.54, 1.807) is 4.90 Å². The van der Waals surface area contributed by atoms with Crippen molar-refractivity contribution < 1.29 is 9.59 Å². The highest BCUT2D eigenvalue weighted by Gasteiger charge is 2.24. The van der Waals surface area contributed by atoms with Crippen LogP contribution in [0.4, 0.5) is 21.9 Å². The summed E-state index contributed by atoms with van der Waals surface area (Å²) in [5.74, 6) is 0.119. The molecule has 0 spiro atoms. The summed E-state index contributed by atoms with van der Waals surface area (Å²) in [4.78, 5) is 34.9. The van der Waals surface area contributed by atoms with Gasteiger partial charge in [0.15, 0.2) is 5.78 Å². The fourth-order valence-corrected chi connectivity index (χ4v) is 7.00. The van der Waals surface area contributed by atoms with Gasteiger partial charge in [0.1, 0.15) is 0 Å². The van der Waals surface area contributed by atoms with Crippen LogP contribution in [0.25, 0.3) is 0 Å². The van der Waals surface area contributed by atoms with Crippen molar-refractivity contribution in [2.24, 2.45) is 0 Å². The Morgan fingerprint density at radius 3 is 1.98 bits per heavy atom. The number of halogens is 2. The first kappa shape index (κ1) is 29.8. The number of hydrogen-bond acceptors (Lipinski definition) is 5. The molecule has 0 bridgehead atoms. The molecule has 3 heterocycles. The number of anilines is 3. The van der Waals surface area contributed by atoms with Gasteiger partial charge in [0, 0.05) is 69.2 Å². The molecular formula is C34H39Cl2N5O2. The Morgan fingerprint density at radius 2 is 1.30 bits per heavy atom. The van der Waals surface area contributed by atoms with E-state index in [-0.39, 0.29) is 11.8 Å². The number of carbonyl (C=O) groups excluding carboxylic acids is 2. The fourth-order valence-electron chi connectivity index (χ4n) is 6.37. The normalized spacial score (nSPS) is 17.5. The Balaban J connectivity index is 1.00. The Bertz CT molecular complexity index is 1420. The fraction of sp³-hybridized carbons (Fsp3) is 0.412. The van der Waals surface area contributed by atoms with Gasteiger partial charge in [-0.25, -0.2) is 4.79 Å². The second-order valence-corrected chi connectivity index (χ2v) is 12.6. The zero-order valence-corrected chi connectivity index (χ0v) is 26.0. The lowest BCUT2D eigenvalue weighted by Crippen LogP contribution is -2.50. The number of urea groups is 1. The molecule has 9 heteroatoms. The molecule has 6 rings (SSSR count). The van der Waals surface area contributed by atoms with Gasteiger partial charge in [-0.15, -0.1) is 0 Å². The number of nitrogens with one attached hydrogen (secondary N) is 1. The maximum Gasteiger partial charge on any atom is 0.322 e. The molecule has 3 aromatic rings. The summed E-state index contributed by atoms with van der Waals surface area (Å²) in [7, 11) is 0. The average molecular weight is 621 g/mol. The molecular weight excluding hydrogens is 581 g/mol. The van der Waals surface area contributed by atoms with E-state index < -0.39 is 0 Å². The average Bonchev–Trinajstić information content (AvgIpc) is 3.75. The van der Waals surface area contributed by atoms with Crippen LogP contribution in [0.3, 0.4) is 0 Å². The lowest BCUT2D eigenvalue weighted by Gasteiger charge is -2.36. The third-order valence-corrected chi connectivity index (χ3v) is 9.40. The molecule has 0 radical (unpaired) electrons. The molecule has 0 unspecified atom stereocenters. The summed E-state index contributed by atoms with van der Waals surface area (Å²) >= 11 is 13.1. The number of ketones is 1. The summed E-state index contributed by atoms with van der Waals surface area (Å²) < 4.78 is 0. The zero-order chi connectivity index (χ0) is 29.8. The molecule has 0 aromatic heterocycles. The molecule has 7 nitrogen and oxygen atoms in total. The van der Waals surface area contributed by atoms with Gasteiger partial charge in [0.2, 0.25) is 0 Å². The first-order chi connectivity index (χ1) is 20.9. The van der Waals surface area contributed by atoms with Crippen LogP contribution in [0.2, 0.25) is 10.0 Å². The van der Waals surface area contributed by atoms with E-state index in [2.05, 4.69) is 38.2 Å². The maximum atomic E-state index is 13.1. The Hall–Kier alpha value is -3.26. The molecule has 0 saturated carbocycles. The van der Waals surface area contributed by atoms with Crippen LogP contribution >= 0.6 is 23.2 Å². The van der Waals surface area contributed by atoms with E-state index in [4.69, 9.17) is 23.2 Å². The van der Waals surface area contributed by atoms with Gasteiger partial charge >= 0.3 is 6.03 Å². The highest BCUT2D eigenvalue weighted by atomic mass is 35.5. The van der Waals surface area contributed by atoms with Crippen LogP contribution in [-0.2, 0) is 13.0 Å². The number of piperazine rings is 1. The van der Waals surface area contributed by atoms with E-state index in [1.165, 1.54) is 31.4 Å². The summed E-state index contributed by atoms with van der Waals surface area (Å²) in [6.07, 6.45) is 5.30. The summed E-state index contributed by atoms with van der Waals surface area (Å²) in [5.41, 5.74) is 5.55. The lowest BCUT2D eigenvalue weighted by molar-refractivity contribution is 0.0993. The van der Waals surface area contributed by atoms with Crippen LogP contribution < -0.4 is 15.1 Å². The van der Waals surface area contributed by atoms with Gasteiger partial charge in [-0.2, -0.15) is 0 Å².